The van der Waals surface area contributed by atoms with E-state index in [0.717, 1.165) is 13.0 Å². The predicted octanol–water partition coefficient (Wildman–Crippen LogP) is 0.522. The van der Waals surface area contributed by atoms with E-state index in [2.05, 4.69) is 18.0 Å². The molecule has 0 saturated heterocycles. The van der Waals surface area contributed by atoms with Crippen molar-refractivity contribution >= 4 is 11.8 Å². The third kappa shape index (κ3) is 15.4. The van der Waals surface area contributed by atoms with Crippen molar-refractivity contribution in [2.75, 3.05) is 6.54 Å². The molecule has 0 aliphatic rings. The summed E-state index contributed by atoms with van der Waals surface area (Å²) in [6, 6.07) is -0.327. The van der Waals surface area contributed by atoms with Crippen molar-refractivity contribution in [1.82, 2.24) is 5.32 Å². The monoisotopic (exact) mass is 231 g/mol. The van der Waals surface area contributed by atoms with Crippen LogP contribution in [-0.2, 0) is 9.59 Å². The van der Waals surface area contributed by atoms with Gasteiger partial charge in [-0.05, 0) is 12.8 Å². The first-order valence-corrected chi connectivity index (χ1v) is 5.74. The molecule has 0 rings (SSSR count). The van der Waals surface area contributed by atoms with Crippen LogP contribution >= 0.6 is 0 Å². The molecule has 5 nitrogen and oxygen atoms in total. The minimum absolute atomic E-state index is 0.0198. The molecule has 2 amide bonds. The van der Waals surface area contributed by atoms with Gasteiger partial charge in [0.05, 0.1) is 6.04 Å². The van der Waals surface area contributed by atoms with Crippen LogP contribution in [0.1, 0.15) is 46.5 Å². The summed E-state index contributed by atoms with van der Waals surface area (Å²) in [5.41, 5.74) is 9.99. The lowest BCUT2D eigenvalue weighted by atomic mass is 10.2. The number of amides is 2. The molecule has 1 atom stereocenters. The van der Waals surface area contributed by atoms with E-state index in [1.54, 1.807) is 0 Å². The Morgan fingerprint density at radius 1 is 1.25 bits per heavy atom. The lowest BCUT2D eigenvalue weighted by molar-refractivity contribution is -0.122. The first kappa shape index (κ1) is 17.3. The van der Waals surface area contributed by atoms with E-state index in [-0.39, 0.29) is 17.9 Å². The van der Waals surface area contributed by atoms with Gasteiger partial charge in [-0.15, -0.1) is 0 Å². The van der Waals surface area contributed by atoms with Gasteiger partial charge in [0, 0.05) is 13.5 Å². The van der Waals surface area contributed by atoms with Gasteiger partial charge < -0.3 is 16.8 Å². The molecule has 0 fully saturated rings. The molecule has 0 aromatic heterocycles. The van der Waals surface area contributed by atoms with E-state index in [1.165, 1.54) is 19.8 Å². The first-order valence-electron chi connectivity index (χ1n) is 5.74. The van der Waals surface area contributed by atoms with Crippen LogP contribution in [0.15, 0.2) is 0 Å². The molecule has 0 aromatic carbocycles. The topological polar surface area (TPSA) is 98.2 Å². The number of rotatable bonds is 6. The molecular weight excluding hydrogens is 206 g/mol. The fourth-order valence-electron chi connectivity index (χ4n) is 0.903. The summed E-state index contributed by atoms with van der Waals surface area (Å²) in [5, 5.41) is 2.80. The van der Waals surface area contributed by atoms with Crippen LogP contribution < -0.4 is 16.8 Å². The Morgan fingerprint density at radius 3 is 2.12 bits per heavy atom. The second-order valence-corrected chi connectivity index (χ2v) is 3.62. The molecule has 5 heteroatoms. The molecule has 0 bridgehead atoms. The van der Waals surface area contributed by atoms with Gasteiger partial charge in [-0.3, -0.25) is 9.59 Å². The number of hydrogen-bond acceptors (Lipinski definition) is 3. The Hall–Kier alpha value is -1.10. The Labute approximate surface area is 97.9 Å². The van der Waals surface area contributed by atoms with Crippen molar-refractivity contribution < 1.29 is 9.59 Å². The first-order chi connectivity index (χ1) is 7.45. The zero-order chi connectivity index (χ0) is 13.0. The van der Waals surface area contributed by atoms with Crippen molar-refractivity contribution in [1.29, 1.82) is 0 Å². The Kier molecular flexibility index (Phi) is 12.9. The Balaban J connectivity index is 0. The van der Waals surface area contributed by atoms with E-state index in [9.17, 15) is 9.59 Å². The van der Waals surface area contributed by atoms with E-state index < -0.39 is 0 Å². The molecule has 0 aromatic rings. The quantitative estimate of drug-likeness (QED) is 0.581. The van der Waals surface area contributed by atoms with Gasteiger partial charge in [0.2, 0.25) is 11.8 Å². The molecule has 0 saturated carbocycles. The van der Waals surface area contributed by atoms with Crippen molar-refractivity contribution in [2.24, 2.45) is 11.5 Å². The number of nitrogens with two attached hydrogens (primary N) is 2. The average molecular weight is 231 g/mol. The van der Waals surface area contributed by atoms with E-state index in [4.69, 9.17) is 5.73 Å². The standard InChI is InChI=1S/C9H20N2O.C2H5NO/c1-3-5-6-7-11-9(12)8(10)4-2;1-2(3)4/h8H,3-7,10H2,1-2H3,(H,11,12);1H3,(H2,3,4). The minimum Gasteiger partial charge on any atom is -0.370 e. The van der Waals surface area contributed by atoms with Gasteiger partial charge in [-0.1, -0.05) is 26.7 Å². The van der Waals surface area contributed by atoms with Crippen molar-refractivity contribution in [3.63, 3.8) is 0 Å². The smallest absolute Gasteiger partial charge is 0.236 e. The van der Waals surface area contributed by atoms with Crippen LogP contribution in [0.3, 0.4) is 0 Å². The van der Waals surface area contributed by atoms with Crippen molar-refractivity contribution in [3.05, 3.63) is 0 Å². The summed E-state index contributed by atoms with van der Waals surface area (Å²) in [5.74, 6) is -0.353. The highest BCUT2D eigenvalue weighted by molar-refractivity contribution is 5.81. The summed E-state index contributed by atoms with van der Waals surface area (Å²) < 4.78 is 0. The number of unbranched alkanes of at least 4 members (excludes halogenated alkanes) is 2. The normalized spacial score (nSPS) is 11.0. The summed E-state index contributed by atoms with van der Waals surface area (Å²) in [7, 11) is 0. The van der Waals surface area contributed by atoms with Gasteiger partial charge in [0.25, 0.3) is 0 Å². The largest absolute Gasteiger partial charge is 0.370 e. The highest BCUT2D eigenvalue weighted by Gasteiger charge is 2.08. The second-order valence-electron chi connectivity index (χ2n) is 3.62. The molecule has 0 aliphatic heterocycles. The summed E-state index contributed by atoms with van der Waals surface area (Å²) in [6.45, 7) is 6.12. The average Bonchev–Trinajstić information content (AvgIpc) is 2.22. The number of carbonyl (C=O) groups excluding carboxylic acids is 2. The lowest BCUT2D eigenvalue weighted by Gasteiger charge is -2.09. The van der Waals surface area contributed by atoms with Gasteiger partial charge in [0.1, 0.15) is 0 Å². The predicted molar refractivity (Wildman–Crippen MR) is 65.7 cm³/mol. The summed E-state index contributed by atoms with van der Waals surface area (Å²) >= 11 is 0. The molecular formula is C11H25N3O2. The van der Waals surface area contributed by atoms with Gasteiger partial charge in [-0.25, -0.2) is 0 Å². The molecule has 96 valence electrons. The molecule has 5 N–H and O–H groups in total. The van der Waals surface area contributed by atoms with Gasteiger partial charge >= 0.3 is 0 Å². The molecule has 0 aliphatic carbocycles. The second kappa shape index (κ2) is 12.0. The highest BCUT2D eigenvalue weighted by atomic mass is 16.2. The van der Waals surface area contributed by atoms with Crippen molar-refractivity contribution in [2.45, 2.75) is 52.5 Å². The fourth-order valence-corrected chi connectivity index (χ4v) is 0.903. The van der Waals surface area contributed by atoms with E-state index >= 15 is 0 Å². The maximum absolute atomic E-state index is 11.1. The molecule has 0 spiro atoms. The maximum Gasteiger partial charge on any atom is 0.236 e. The fraction of sp³-hybridized carbons (Fsp3) is 0.818. The lowest BCUT2D eigenvalue weighted by Crippen LogP contribution is -2.40. The third-order valence-corrected chi connectivity index (χ3v) is 1.86. The molecule has 1 unspecified atom stereocenters. The van der Waals surface area contributed by atoms with Crippen molar-refractivity contribution in [3.8, 4) is 0 Å². The zero-order valence-electron chi connectivity index (χ0n) is 10.6. The van der Waals surface area contributed by atoms with E-state index in [0.29, 0.717) is 6.42 Å². The maximum atomic E-state index is 11.1. The van der Waals surface area contributed by atoms with Crippen LogP contribution in [-0.4, -0.2) is 24.4 Å². The molecule has 16 heavy (non-hydrogen) atoms. The number of nitrogens with one attached hydrogen (secondary N) is 1. The SMILES string of the molecule is CC(N)=O.CCCCCNC(=O)C(N)CC. The van der Waals surface area contributed by atoms with Gasteiger partial charge in [0.15, 0.2) is 0 Å². The molecule has 0 radical (unpaired) electrons. The summed E-state index contributed by atoms with van der Waals surface area (Å²) in [4.78, 5) is 20.3. The van der Waals surface area contributed by atoms with Crippen LogP contribution in [0.4, 0.5) is 0 Å². The van der Waals surface area contributed by atoms with Crippen LogP contribution in [0.2, 0.25) is 0 Å². The number of hydrogen-bond donors (Lipinski definition) is 3. The van der Waals surface area contributed by atoms with Crippen LogP contribution in [0.25, 0.3) is 0 Å². The number of carbonyl (C=O) groups is 2. The minimum atomic E-state index is -0.333. The molecule has 0 heterocycles. The Bertz CT molecular complexity index is 192. The van der Waals surface area contributed by atoms with E-state index in [1.807, 2.05) is 6.92 Å². The van der Waals surface area contributed by atoms with Crippen LogP contribution in [0.5, 0.6) is 0 Å². The summed E-state index contributed by atoms with van der Waals surface area (Å²) in [6.07, 6.45) is 4.11. The number of primary amides is 1. The van der Waals surface area contributed by atoms with Crippen LogP contribution in [0, 0.1) is 0 Å². The Morgan fingerprint density at radius 2 is 1.75 bits per heavy atom. The van der Waals surface area contributed by atoms with Gasteiger partial charge in [-0.2, -0.15) is 0 Å². The zero-order valence-corrected chi connectivity index (χ0v) is 10.6. The third-order valence-electron chi connectivity index (χ3n) is 1.86. The highest BCUT2D eigenvalue weighted by Crippen LogP contribution is 1.92.